The van der Waals surface area contributed by atoms with Gasteiger partial charge in [0.2, 0.25) is 0 Å². The predicted molar refractivity (Wildman–Crippen MR) is 82.7 cm³/mol. The molecule has 5 heteroatoms. The van der Waals surface area contributed by atoms with Gasteiger partial charge in [-0.05, 0) is 11.6 Å². The van der Waals surface area contributed by atoms with Crippen LogP contribution in [0.1, 0.15) is 11.4 Å². The quantitative estimate of drug-likeness (QED) is 0.760. The van der Waals surface area contributed by atoms with E-state index in [1.165, 1.54) is 5.56 Å². The first-order chi connectivity index (χ1) is 10.3. The van der Waals surface area contributed by atoms with Crippen LogP contribution in [-0.2, 0) is 13.0 Å². The molecule has 0 saturated heterocycles. The molecule has 3 rings (SSSR count). The molecule has 0 spiro atoms. The van der Waals surface area contributed by atoms with Gasteiger partial charge in [0, 0.05) is 12.5 Å². The van der Waals surface area contributed by atoms with Crippen LogP contribution in [-0.4, -0.2) is 21.7 Å². The SMILES string of the molecule is OCc1nc2cc(OCCc3ccccc3)c(Cl)cc2[nH]1. The molecule has 3 aromatic rings. The summed E-state index contributed by atoms with van der Waals surface area (Å²) in [4.78, 5) is 7.25. The number of halogens is 1. The van der Waals surface area contributed by atoms with Gasteiger partial charge in [-0.15, -0.1) is 0 Å². The van der Waals surface area contributed by atoms with E-state index in [1.807, 2.05) is 18.2 Å². The molecule has 2 N–H and O–H groups in total. The van der Waals surface area contributed by atoms with E-state index in [0.717, 1.165) is 17.5 Å². The van der Waals surface area contributed by atoms with Crippen molar-refractivity contribution in [3.05, 3.63) is 58.9 Å². The summed E-state index contributed by atoms with van der Waals surface area (Å²) in [5.41, 5.74) is 2.75. The number of fused-ring (bicyclic) bond motifs is 1. The van der Waals surface area contributed by atoms with Crippen LogP contribution in [0.15, 0.2) is 42.5 Å². The summed E-state index contributed by atoms with van der Waals surface area (Å²) in [6.07, 6.45) is 0.817. The Balaban J connectivity index is 1.72. The highest BCUT2D eigenvalue weighted by molar-refractivity contribution is 6.32. The molecule has 21 heavy (non-hydrogen) atoms. The Morgan fingerprint density at radius 1 is 1.19 bits per heavy atom. The minimum atomic E-state index is -0.128. The maximum atomic E-state index is 9.09. The fourth-order valence-electron chi connectivity index (χ4n) is 2.17. The van der Waals surface area contributed by atoms with Gasteiger partial charge in [-0.3, -0.25) is 0 Å². The van der Waals surface area contributed by atoms with Crippen LogP contribution in [0, 0.1) is 0 Å². The first kappa shape index (κ1) is 13.9. The lowest BCUT2D eigenvalue weighted by Gasteiger charge is -2.08. The minimum Gasteiger partial charge on any atom is -0.492 e. The number of ether oxygens (including phenoxy) is 1. The summed E-state index contributed by atoms with van der Waals surface area (Å²) in [5, 5.41) is 9.62. The van der Waals surface area contributed by atoms with E-state index in [1.54, 1.807) is 12.1 Å². The molecule has 0 saturated carbocycles. The first-order valence-electron chi connectivity index (χ1n) is 6.72. The number of nitrogens with zero attached hydrogens (tertiary/aromatic N) is 1. The predicted octanol–water partition coefficient (Wildman–Crippen LogP) is 3.33. The second-order valence-corrected chi connectivity index (χ2v) is 5.13. The van der Waals surface area contributed by atoms with Crippen LogP contribution in [0.2, 0.25) is 5.02 Å². The van der Waals surface area contributed by atoms with Gasteiger partial charge < -0.3 is 14.8 Å². The van der Waals surface area contributed by atoms with E-state index in [0.29, 0.717) is 23.2 Å². The largest absolute Gasteiger partial charge is 0.492 e. The third kappa shape index (κ3) is 3.17. The number of benzene rings is 2. The Hall–Kier alpha value is -2.04. The standard InChI is InChI=1S/C16H15ClN2O2/c17-12-8-13-14(19-16(10-20)18-13)9-15(12)21-7-6-11-4-2-1-3-5-11/h1-5,8-9,20H,6-7,10H2,(H,18,19). The molecule has 0 aliphatic heterocycles. The second-order valence-electron chi connectivity index (χ2n) is 4.73. The highest BCUT2D eigenvalue weighted by Gasteiger charge is 2.08. The third-order valence-electron chi connectivity index (χ3n) is 3.23. The molecule has 0 amide bonds. The highest BCUT2D eigenvalue weighted by atomic mass is 35.5. The Morgan fingerprint density at radius 2 is 2.00 bits per heavy atom. The van der Waals surface area contributed by atoms with Crippen molar-refractivity contribution in [1.82, 2.24) is 9.97 Å². The van der Waals surface area contributed by atoms with Gasteiger partial charge in [-0.25, -0.2) is 4.98 Å². The molecule has 0 aliphatic carbocycles. The fraction of sp³-hybridized carbons (Fsp3) is 0.188. The smallest absolute Gasteiger partial charge is 0.140 e. The molecule has 108 valence electrons. The lowest BCUT2D eigenvalue weighted by atomic mass is 10.2. The summed E-state index contributed by atoms with van der Waals surface area (Å²) < 4.78 is 5.74. The van der Waals surface area contributed by atoms with Crippen LogP contribution in [0.25, 0.3) is 11.0 Å². The van der Waals surface area contributed by atoms with Gasteiger partial charge in [-0.2, -0.15) is 0 Å². The number of aliphatic hydroxyl groups excluding tert-OH is 1. The molecule has 0 atom stereocenters. The van der Waals surface area contributed by atoms with Crippen molar-refractivity contribution >= 4 is 22.6 Å². The Labute approximate surface area is 127 Å². The molecule has 1 heterocycles. The first-order valence-corrected chi connectivity index (χ1v) is 7.10. The molecule has 0 radical (unpaired) electrons. The van der Waals surface area contributed by atoms with E-state index in [4.69, 9.17) is 21.4 Å². The number of hydrogen-bond donors (Lipinski definition) is 2. The van der Waals surface area contributed by atoms with Gasteiger partial charge in [0.25, 0.3) is 0 Å². The highest BCUT2D eigenvalue weighted by Crippen LogP contribution is 2.29. The van der Waals surface area contributed by atoms with Crippen LogP contribution in [0.4, 0.5) is 0 Å². The molecular formula is C16H15ClN2O2. The lowest BCUT2D eigenvalue weighted by Crippen LogP contribution is -2.01. The molecule has 0 fully saturated rings. The monoisotopic (exact) mass is 302 g/mol. The Bertz CT molecular complexity index is 741. The Morgan fingerprint density at radius 3 is 2.76 bits per heavy atom. The summed E-state index contributed by atoms with van der Waals surface area (Å²) in [5.74, 6) is 1.12. The number of aromatic nitrogens is 2. The molecule has 4 nitrogen and oxygen atoms in total. The number of H-pyrrole nitrogens is 1. The van der Waals surface area contributed by atoms with Crippen molar-refractivity contribution in [2.24, 2.45) is 0 Å². The van der Waals surface area contributed by atoms with Crippen molar-refractivity contribution in [3.8, 4) is 5.75 Å². The number of aromatic amines is 1. The van der Waals surface area contributed by atoms with Crippen molar-refractivity contribution in [2.45, 2.75) is 13.0 Å². The molecule has 0 bridgehead atoms. The third-order valence-corrected chi connectivity index (χ3v) is 3.52. The zero-order chi connectivity index (χ0) is 14.7. The van der Waals surface area contributed by atoms with Crippen molar-refractivity contribution in [1.29, 1.82) is 0 Å². The van der Waals surface area contributed by atoms with Crippen LogP contribution >= 0.6 is 11.6 Å². The van der Waals surface area contributed by atoms with Crippen LogP contribution < -0.4 is 4.74 Å². The van der Waals surface area contributed by atoms with E-state index < -0.39 is 0 Å². The normalized spacial score (nSPS) is 11.0. The molecule has 0 unspecified atom stereocenters. The fourth-order valence-corrected chi connectivity index (χ4v) is 2.39. The molecule has 2 aromatic carbocycles. The second kappa shape index (κ2) is 6.16. The molecule has 1 aromatic heterocycles. The maximum absolute atomic E-state index is 9.09. The van der Waals surface area contributed by atoms with Gasteiger partial charge in [0.1, 0.15) is 18.2 Å². The van der Waals surface area contributed by atoms with E-state index in [9.17, 15) is 0 Å². The van der Waals surface area contributed by atoms with E-state index in [-0.39, 0.29) is 6.61 Å². The molecule has 0 aliphatic rings. The Kier molecular flexibility index (Phi) is 4.08. The number of aliphatic hydroxyl groups is 1. The number of rotatable bonds is 5. The van der Waals surface area contributed by atoms with Crippen LogP contribution in [0.3, 0.4) is 0 Å². The zero-order valence-electron chi connectivity index (χ0n) is 11.3. The van der Waals surface area contributed by atoms with E-state index in [2.05, 4.69) is 22.1 Å². The van der Waals surface area contributed by atoms with Gasteiger partial charge in [-0.1, -0.05) is 41.9 Å². The average Bonchev–Trinajstić information content (AvgIpc) is 2.90. The molecular weight excluding hydrogens is 288 g/mol. The number of hydrogen-bond acceptors (Lipinski definition) is 3. The van der Waals surface area contributed by atoms with Crippen LogP contribution in [0.5, 0.6) is 5.75 Å². The summed E-state index contributed by atoms with van der Waals surface area (Å²) >= 11 is 6.20. The summed E-state index contributed by atoms with van der Waals surface area (Å²) in [7, 11) is 0. The maximum Gasteiger partial charge on any atom is 0.140 e. The average molecular weight is 303 g/mol. The van der Waals surface area contributed by atoms with Crippen molar-refractivity contribution in [2.75, 3.05) is 6.61 Å². The van der Waals surface area contributed by atoms with Crippen molar-refractivity contribution < 1.29 is 9.84 Å². The summed E-state index contributed by atoms with van der Waals surface area (Å²) in [6.45, 7) is 0.420. The topological polar surface area (TPSA) is 58.1 Å². The summed E-state index contributed by atoms with van der Waals surface area (Å²) in [6, 6.07) is 13.7. The zero-order valence-corrected chi connectivity index (χ0v) is 12.1. The number of nitrogens with one attached hydrogen (secondary N) is 1. The van der Waals surface area contributed by atoms with Gasteiger partial charge in [0.15, 0.2) is 0 Å². The van der Waals surface area contributed by atoms with E-state index >= 15 is 0 Å². The van der Waals surface area contributed by atoms with Gasteiger partial charge in [0.05, 0.1) is 22.7 Å². The number of imidazole rings is 1. The van der Waals surface area contributed by atoms with Crippen molar-refractivity contribution in [3.63, 3.8) is 0 Å². The lowest BCUT2D eigenvalue weighted by molar-refractivity contribution is 0.273. The van der Waals surface area contributed by atoms with Gasteiger partial charge >= 0.3 is 0 Å². The minimum absolute atomic E-state index is 0.128.